The van der Waals surface area contributed by atoms with Crippen LogP contribution in [-0.4, -0.2) is 19.9 Å². The van der Waals surface area contributed by atoms with Crippen LogP contribution < -0.4 is 0 Å². The maximum Gasteiger partial charge on any atom is 0.102 e. The molecular weight excluding hydrogens is 282 g/mol. The molecule has 0 aliphatic carbocycles. The van der Waals surface area contributed by atoms with Gasteiger partial charge in [-0.25, -0.2) is 4.98 Å². The number of aliphatic hydroxyl groups excluding tert-OH is 1. The first-order chi connectivity index (χ1) is 10.3. The van der Waals surface area contributed by atoms with Crippen LogP contribution in [0.5, 0.6) is 0 Å². The zero-order chi connectivity index (χ0) is 14.7. The lowest BCUT2D eigenvalue weighted by Gasteiger charge is -2.10. The predicted octanol–water partition coefficient (Wildman–Crippen LogP) is 3.30. The van der Waals surface area contributed by atoms with Crippen LogP contribution in [0.2, 0.25) is 0 Å². The summed E-state index contributed by atoms with van der Waals surface area (Å²) in [4.78, 5) is 4.61. The van der Waals surface area contributed by atoms with Crippen LogP contribution in [0.3, 0.4) is 0 Å². The van der Waals surface area contributed by atoms with Crippen molar-refractivity contribution in [2.45, 2.75) is 26.0 Å². The molecule has 1 N–H and O–H groups in total. The number of hydrogen-bond donors (Lipinski definition) is 1. The Kier molecular flexibility index (Phi) is 4.13. The second kappa shape index (κ2) is 6.20. The Balaban J connectivity index is 1.76. The topological polar surface area (TPSA) is 50.9 Å². The number of aliphatic hydroxyl groups is 1. The standard InChI is InChI=1S/C16H17N3OS/c1-2-19-14(8-9-17-19)15(20)10-16-18-13(11-21-16)12-6-4-3-5-7-12/h3-9,11,15,20H,2,10H2,1H3. The Morgan fingerprint density at radius 3 is 2.81 bits per heavy atom. The monoisotopic (exact) mass is 299 g/mol. The summed E-state index contributed by atoms with van der Waals surface area (Å²) in [5, 5.41) is 17.5. The van der Waals surface area contributed by atoms with Gasteiger partial charge < -0.3 is 5.11 Å². The molecule has 1 atom stereocenters. The summed E-state index contributed by atoms with van der Waals surface area (Å²) in [7, 11) is 0. The molecule has 5 heteroatoms. The van der Waals surface area contributed by atoms with E-state index in [0.717, 1.165) is 28.5 Å². The molecule has 0 fully saturated rings. The normalized spacial score (nSPS) is 12.5. The van der Waals surface area contributed by atoms with Crippen molar-refractivity contribution >= 4 is 11.3 Å². The van der Waals surface area contributed by atoms with Gasteiger partial charge in [0.15, 0.2) is 0 Å². The van der Waals surface area contributed by atoms with E-state index in [1.165, 1.54) is 0 Å². The van der Waals surface area contributed by atoms with E-state index < -0.39 is 6.10 Å². The zero-order valence-electron chi connectivity index (χ0n) is 11.8. The van der Waals surface area contributed by atoms with Crippen molar-refractivity contribution in [3.63, 3.8) is 0 Å². The summed E-state index contributed by atoms with van der Waals surface area (Å²) in [5.74, 6) is 0. The van der Waals surface area contributed by atoms with Crippen LogP contribution in [0.25, 0.3) is 11.3 Å². The molecular formula is C16H17N3OS. The SMILES string of the molecule is CCn1nccc1C(O)Cc1nc(-c2ccccc2)cs1. The summed E-state index contributed by atoms with van der Waals surface area (Å²) in [6.07, 6.45) is 1.67. The van der Waals surface area contributed by atoms with Gasteiger partial charge in [-0.2, -0.15) is 5.10 Å². The number of hydrogen-bond acceptors (Lipinski definition) is 4. The second-order valence-electron chi connectivity index (χ2n) is 4.78. The van der Waals surface area contributed by atoms with Crippen LogP contribution in [0, 0.1) is 0 Å². The summed E-state index contributed by atoms with van der Waals surface area (Å²) >= 11 is 1.58. The molecule has 2 aromatic heterocycles. The fourth-order valence-electron chi connectivity index (χ4n) is 2.31. The summed E-state index contributed by atoms with van der Waals surface area (Å²) in [6.45, 7) is 2.77. The lowest BCUT2D eigenvalue weighted by molar-refractivity contribution is 0.167. The first kappa shape index (κ1) is 14.0. The number of nitrogens with zero attached hydrogens (tertiary/aromatic N) is 3. The summed E-state index contributed by atoms with van der Waals surface area (Å²) in [6, 6.07) is 11.9. The number of benzene rings is 1. The largest absolute Gasteiger partial charge is 0.386 e. The van der Waals surface area contributed by atoms with Crippen LogP contribution in [0.4, 0.5) is 0 Å². The minimum Gasteiger partial charge on any atom is -0.386 e. The molecule has 0 aliphatic rings. The summed E-state index contributed by atoms with van der Waals surface area (Å²) < 4.78 is 1.82. The van der Waals surface area contributed by atoms with Crippen LogP contribution in [0.15, 0.2) is 48.0 Å². The first-order valence-electron chi connectivity index (χ1n) is 6.97. The third-order valence-electron chi connectivity index (χ3n) is 3.38. The lowest BCUT2D eigenvalue weighted by Crippen LogP contribution is -2.10. The van der Waals surface area contributed by atoms with E-state index in [0.29, 0.717) is 6.42 Å². The zero-order valence-corrected chi connectivity index (χ0v) is 12.6. The van der Waals surface area contributed by atoms with E-state index in [9.17, 15) is 5.11 Å². The van der Waals surface area contributed by atoms with Crippen LogP contribution in [-0.2, 0) is 13.0 Å². The van der Waals surface area contributed by atoms with Crippen LogP contribution >= 0.6 is 11.3 Å². The van der Waals surface area contributed by atoms with Crippen molar-refractivity contribution in [1.82, 2.24) is 14.8 Å². The molecule has 21 heavy (non-hydrogen) atoms. The maximum absolute atomic E-state index is 10.4. The Morgan fingerprint density at radius 1 is 1.24 bits per heavy atom. The third kappa shape index (κ3) is 3.04. The molecule has 4 nitrogen and oxygen atoms in total. The number of thiazole rings is 1. The first-order valence-corrected chi connectivity index (χ1v) is 7.85. The number of aromatic nitrogens is 3. The van der Waals surface area contributed by atoms with Gasteiger partial charge in [0.25, 0.3) is 0 Å². The molecule has 3 rings (SSSR count). The highest BCUT2D eigenvalue weighted by molar-refractivity contribution is 7.09. The molecule has 2 heterocycles. The Labute approximate surface area is 127 Å². The molecule has 0 saturated carbocycles. The highest BCUT2D eigenvalue weighted by Gasteiger charge is 2.15. The molecule has 0 amide bonds. The highest BCUT2D eigenvalue weighted by Crippen LogP contribution is 2.25. The highest BCUT2D eigenvalue weighted by atomic mass is 32.1. The smallest absolute Gasteiger partial charge is 0.102 e. The van der Waals surface area contributed by atoms with Gasteiger partial charge >= 0.3 is 0 Å². The average Bonchev–Trinajstić information content (AvgIpc) is 3.16. The second-order valence-corrected chi connectivity index (χ2v) is 5.73. The van der Waals surface area contributed by atoms with Gasteiger partial charge in [-0.3, -0.25) is 4.68 Å². The predicted molar refractivity (Wildman–Crippen MR) is 84.1 cm³/mol. The van der Waals surface area contributed by atoms with Crippen molar-refractivity contribution < 1.29 is 5.11 Å². The molecule has 0 saturated heterocycles. The number of aryl methyl sites for hydroxylation is 1. The minimum atomic E-state index is -0.567. The van der Waals surface area contributed by atoms with E-state index in [1.54, 1.807) is 17.5 Å². The molecule has 0 aliphatic heterocycles. The summed E-state index contributed by atoms with van der Waals surface area (Å²) in [5.41, 5.74) is 2.91. The van der Waals surface area contributed by atoms with E-state index in [1.807, 2.05) is 53.4 Å². The van der Waals surface area contributed by atoms with Crippen LogP contribution in [0.1, 0.15) is 23.7 Å². The Hall–Kier alpha value is -1.98. The Morgan fingerprint density at radius 2 is 2.05 bits per heavy atom. The minimum absolute atomic E-state index is 0.517. The van der Waals surface area contributed by atoms with Gasteiger partial charge in [-0.1, -0.05) is 30.3 Å². The van der Waals surface area contributed by atoms with E-state index >= 15 is 0 Å². The fraction of sp³-hybridized carbons (Fsp3) is 0.250. The Bertz CT molecular complexity index is 705. The quantitative estimate of drug-likeness (QED) is 0.786. The molecule has 0 bridgehead atoms. The molecule has 3 aromatic rings. The fourth-order valence-corrected chi connectivity index (χ4v) is 3.15. The van der Waals surface area contributed by atoms with E-state index in [-0.39, 0.29) is 0 Å². The molecule has 0 spiro atoms. The van der Waals surface area contributed by atoms with E-state index in [4.69, 9.17) is 0 Å². The molecule has 108 valence electrons. The van der Waals surface area contributed by atoms with Gasteiger partial charge in [-0.15, -0.1) is 11.3 Å². The van der Waals surface area contributed by atoms with Crippen molar-refractivity contribution in [3.8, 4) is 11.3 Å². The van der Waals surface area contributed by atoms with Gasteiger partial charge in [0.1, 0.15) is 6.10 Å². The van der Waals surface area contributed by atoms with Gasteiger partial charge in [0, 0.05) is 30.1 Å². The molecule has 1 aromatic carbocycles. The van der Waals surface area contributed by atoms with Gasteiger partial charge in [0.2, 0.25) is 0 Å². The van der Waals surface area contributed by atoms with Crippen molar-refractivity contribution in [3.05, 3.63) is 58.7 Å². The number of rotatable bonds is 5. The van der Waals surface area contributed by atoms with Crippen molar-refractivity contribution in [1.29, 1.82) is 0 Å². The van der Waals surface area contributed by atoms with Gasteiger partial charge in [-0.05, 0) is 13.0 Å². The van der Waals surface area contributed by atoms with Crippen molar-refractivity contribution in [2.75, 3.05) is 0 Å². The van der Waals surface area contributed by atoms with Gasteiger partial charge in [0.05, 0.1) is 16.4 Å². The van der Waals surface area contributed by atoms with Crippen molar-refractivity contribution in [2.24, 2.45) is 0 Å². The maximum atomic E-state index is 10.4. The molecule has 0 radical (unpaired) electrons. The molecule has 1 unspecified atom stereocenters. The third-order valence-corrected chi connectivity index (χ3v) is 4.25. The average molecular weight is 299 g/mol. The lowest BCUT2D eigenvalue weighted by atomic mass is 10.1. The van der Waals surface area contributed by atoms with E-state index in [2.05, 4.69) is 10.1 Å².